The molecule has 0 saturated carbocycles. The van der Waals surface area contributed by atoms with Crippen LogP contribution in [0.4, 0.5) is 0 Å². The highest BCUT2D eigenvalue weighted by molar-refractivity contribution is 4.94. The lowest BCUT2D eigenvalue weighted by molar-refractivity contribution is -0.178. The van der Waals surface area contributed by atoms with Gasteiger partial charge in [-0.15, -0.1) is 0 Å². The molecule has 1 rings (SSSR count). The van der Waals surface area contributed by atoms with Crippen molar-refractivity contribution in [3.8, 4) is 0 Å². The van der Waals surface area contributed by atoms with Gasteiger partial charge in [0.15, 0.2) is 6.29 Å². The summed E-state index contributed by atoms with van der Waals surface area (Å²) in [6.45, 7) is 9.49. The van der Waals surface area contributed by atoms with Gasteiger partial charge in [0.2, 0.25) is 0 Å². The van der Waals surface area contributed by atoms with E-state index < -0.39 is 5.60 Å². The summed E-state index contributed by atoms with van der Waals surface area (Å²) in [5, 5.41) is 9.84. The third-order valence-electron chi connectivity index (χ3n) is 2.81. The molecular weight excluding hydrogens is 194 g/mol. The summed E-state index contributed by atoms with van der Waals surface area (Å²) in [5.74, 6) is 0. The average Bonchev–Trinajstić information content (AvgIpc) is 2.16. The third-order valence-corrected chi connectivity index (χ3v) is 2.81. The monoisotopic (exact) mass is 217 g/mol. The van der Waals surface area contributed by atoms with E-state index in [0.717, 1.165) is 26.1 Å². The zero-order valence-corrected chi connectivity index (χ0v) is 10.0. The second kappa shape index (κ2) is 5.80. The molecule has 4 nitrogen and oxygen atoms in total. The Hall–Kier alpha value is -0.160. The van der Waals surface area contributed by atoms with Crippen LogP contribution in [0.1, 0.15) is 27.2 Å². The topological polar surface area (TPSA) is 41.9 Å². The van der Waals surface area contributed by atoms with Gasteiger partial charge in [0.25, 0.3) is 0 Å². The molecule has 0 aromatic rings. The molecule has 0 radical (unpaired) electrons. The van der Waals surface area contributed by atoms with E-state index in [-0.39, 0.29) is 6.29 Å². The van der Waals surface area contributed by atoms with Crippen molar-refractivity contribution in [3.05, 3.63) is 0 Å². The summed E-state index contributed by atoms with van der Waals surface area (Å²) >= 11 is 0. The quantitative estimate of drug-likeness (QED) is 0.642. The van der Waals surface area contributed by atoms with E-state index in [1.54, 1.807) is 0 Å². The highest BCUT2D eigenvalue weighted by atomic mass is 16.7. The number of nitrogens with zero attached hydrogens (tertiary/aromatic N) is 1. The number of rotatable bonds is 7. The van der Waals surface area contributed by atoms with Gasteiger partial charge in [0, 0.05) is 32.8 Å². The Balaban J connectivity index is 2.23. The SMILES string of the molecule is CCOC(CN1CC(O)(CC)C1)OCC. The molecule has 0 atom stereocenters. The van der Waals surface area contributed by atoms with Crippen LogP contribution in [-0.4, -0.2) is 54.7 Å². The van der Waals surface area contributed by atoms with Gasteiger partial charge in [-0.05, 0) is 20.3 Å². The molecule has 0 amide bonds. The highest BCUT2D eigenvalue weighted by Crippen LogP contribution is 2.24. The fraction of sp³-hybridized carbons (Fsp3) is 1.00. The lowest BCUT2D eigenvalue weighted by Crippen LogP contribution is -2.62. The molecule has 1 heterocycles. The number of β-amino-alcohol motifs (C(OH)–C–C–N with tert-alkyl or cyclic N) is 1. The summed E-state index contributed by atoms with van der Waals surface area (Å²) in [6.07, 6.45) is 0.665. The summed E-state index contributed by atoms with van der Waals surface area (Å²) in [4.78, 5) is 2.17. The van der Waals surface area contributed by atoms with Crippen molar-refractivity contribution in [2.45, 2.75) is 39.1 Å². The van der Waals surface area contributed by atoms with Crippen LogP contribution in [-0.2, 0) is 9.47 Å². The Morgan fingerprint density at radius 1 is 1.20 bits per heavy atom. The first-order valence-corrected chi connectivity index (χ1v) is 5.81. The Labute approximate surface area is 92.2 Å². The van der Waals surface area contributed by atoms with Crippen molar-refractivity contribution in [1.29, 1.82) is 0 Å². The number of hydrogen-bond donors (Lipinski definition) is 1. The predicted octanol–water partition coefficient (Wildman–Crippen LogP) is 0.842. The normalized spacial score (nSPS) is 20.6. The molecule has 4 heteroatoms. The summed E-state index contributed by atoms with van der Waals surface area (Å²) in [5.41, 5.74) is -0.469. The third kappa shape index (κ3) is 3.72. The lowest BCUT2D eigenvalue weighted by atomic mass is 9.91. The molecule has 15 heavy (non-hydrogen) atoms. The Kier molecular flexibility index (Phi) is 4.99. The first-order valence-electron chi connectivity index (χ1n) is 5.81. The van der Waals surface area contributed by atoms with E-state index >= 15 is 0 Å². The van der Waals surface area contributed by atoms with Crippen LogP contribution in [0.25, 0.3) is 0 Å². The van der Waals surface area contributed by atoms with Crippen LogP contribution in [0.2, 0.25) is 0 Å². The first kappa shape index (κ1) is 12.9. The van der Waals surface area contributed by atoms with E-state index in [1.165, 1.54) is 0 Å². The van der Waals surface area contributed by atoms with E-state index in [4.69, 9.17) is 9.47 Å². The minimum atomic E-state index is -0.469. The van der Waals surface area contributed by atoms with Crippen molar-refractivity contribution in [1.82, 2.24) is 4.90 Å². The molecule has 0 aliphatic carbocycles. The van der Waals surface area contributed by atoms with E-state index in [2.05, 4.69) is 4.90 Å². The van der Waals surface area contributed by atoms with Crippen molar-refractivity contribution < 1.29 is 14.6 Å². The first-order chi connectivity index (χ1) is 7.13. The van der Waals surface area contributed by atoms with Gasteiger partial charge < -0.3 is 14.6 Å². The molecule has 0 bridgehead atoms. The summed E-state index contributed by atoms with van der Waals surface area (Å²) in [6, 6.07) is 0. The maximum absolute atomic E-state index is 9.84. The van der Waals surface area contributed by atoms with Crippen molar-refractivity contribution in [2.75, 3.05) is 32.8 Å². The predicted molar refractivity (Wildman–Crippen MR) is 58.7 cm³/mol. The standard InChI is InChI=1S/C11H23NO3/c1-4-11(13)8-12(9-11)7-10(14-5-2)15-6-3/h10,13H,4-9H2,1-3H3. The number of ether oxygens (including phenoxy) is 2. The van der Waals surface area contributed by atoms with Gasteiger partial charge in [-0.25, -0.2) is 0 Å². The molecular formula is C11H23NO3. The van der Waals surface area contributed by atoms with E-state index in [1.807, 2.05) is 20.8 Å². The molecule has 1 aliphatic rings. The molecule has 0 aromatic heterocycles. The van der Waals surface area contributed by atoms with Crippen LogP contribution in [0, 0.1) is 0 Å². The average molecular weight is 217 g/mol. The zero-order chi connectivity index (χ0) is 11.3. The fourth-order valence-corrected chi connectivity index (χ4v) is 1.87. The van der Waals surface area contributed by atoms with Crippen LogP contribution >= 0.6 is 0 Å². The van der Waals surface area contributed by atoms with Crippen LogP contribution in [0.3, 0.4) is 0 Å². The van der Waals surface area contributed by atoms with E-state index in [0.29, 0.717) is 13.2 Å². The van der Waals surface area contributed by atoms with Gasteiger partial charge in [0.05, 0.1) is 5.60 Å². The largest absolute Gasteiger partial charge is 0.387 e. The van der Waals surface area contributed by atoms with Crippen LogP contribution in [0.5, 0.6) is 0 Å². The lowest BCUT2D eigenvalue weighted by Gasteiger charge is -2.47. The second-order valence-corrected chi connectivity index (χ2v) is 4.09. The van der Waals surface area contributed by atoms with Crippen LogP contribution in [0.15, 0.2) is 0 Å². The van der Waals surface area contributed by atoms with Crippen LogP contribution < -0.4 is 0 Å². The molecule has 1 saturated heterocycles. The number of aliphatic hydroxyl groups is 1. The fourth-order valence-electron chi connectivity index (χ4n) is 1.87. The minimum absolute atomic E-state index is 0.151. The number of hydrogen-bond acceptors (Lipinski definition) is 4. The van der Waals surface area contributed by atoms with Crippen molar-refractivity contribution >= 4 is 0 Å². The minimum Gasteiger partial charge on any atom is -0.387 e. The molecule has 1 aliphatic heterocycles. The zero-order valence-electron chi connectivity index (χ0n) is 10.0. The van der Waals surface area contributed by atoms with Gasteiger partial charge in [-0.1, -0.05) is 6.92 Å². The maximum atomic E-state index is 9.84. The van der Waals surface area contributed by atoms with Gasteiger partial charge in [0.1, 0.15) is 0 Å². The molecule has 1 fully saturated rings. The summed E-state index contributed by atoms with van der Waals surface area (Å²) < 4.78 is 10.9. The van der Waals surface area contributed by atoms with Gasteiger partial charge in [-0.2, -0.15) is 0 Å². The maximum Gasteiger partial charge on any atom is 0.170 e. The second-order valence-electron chi connectivity index (χ2n) is 4.09. The number of likely N-dealkylation sites (tertiary alicyclic amines) is 1. The molecule has 0 spiro atoms. The molecule has 0 unspecified atom stereocenters. The van der Waals surface area contributed by atoms with Gasteiger partial charge in [-0.3, -0.25) is 4.90 Å². The Morgan fingerprint density at radius 2 is 1.73 bits per heavy atom. The van der Waals surface area contributed by atoms with Crippen molar-refractivity contribution in [3.63, 3.8) is 0 Å². The van der Waals surface area contributed by atoms with E-state index in [9.17, 15) is 5.11 Å². The molecule has 1 N–H and O–H groups in total. The summed E-state index contributed by atoms with van der Waals surface area (Å²) in [7, 11) is 0. The smallest absolute Gasteiger partial charge is 0.170 e. The molecule has 0 aromatic carbocycles. The van der Waals surface area contributed by atoms with Crippen molar-refractivity contribution in [2.24, 2.45) is 0 Å². The Morgan fingerprint density at radius 3 is 2.13 bits per heavy atom. The Bertz CT molecular complexity index is 175. The van der Waals surface area contributed by atoms with Gasteiger partial charge >= 0.3 is 0 Å². The molecule has 90 valence electrons. The highest BCUT2D eigenvalue weighted by Gasteiger charge is 2.40.